The number of carbonyl (C=O) groups is 1. The number of rotatable bonds is 8. The molecule has 0 aromatic heterocycles. The van der Waals surface area contributed by atoms with E-state index in [0.717, 1.165) is 18.4 Å². The molecule has 1 amide bonds. The van der Waals surface area contributed by atoms with Crippen LogP contribution in [-0.4, -0.2) is 70.6 Å². The van der Waals surface area contributed by atoms with Gasteiger partial charge >= 0.3 is 0 Å². The van der Waals surface area contributed by atoms with Gasteiger partial charge in [-0.2, -0.15) is 0 Å². The highest BCUT2D eigenvalue weighted by molar-refractivity contribution is 7.92. The Bertz CT molecular complexity index is 713. The normalized spacial score (nSPS) is 17.1. The highest BCUT2D eigenvalue weighted by atomic mass is 32.2. The number of carbonyl (C=O) groups excluding carboxylic acids is 1. The molecule has 0 bridgehead atoms. The summed E-state index contributed by atoms with van der Waals surface area (Å²) < 4.78 is 29.1. The molecule has 0 aliphatic carbocycles. The van der Waals surface area contributed by atoms with Crippen LogP contribution in [0.25, 0.3) is 0 Å². The summed E-state index contributed by atoms with van der Waals surface area (Å²) in [5.41, 5.74) is 0.831. The van der Waals surface area contributed by atoms with E-state index in [4.69, 9.17) is 4.74 Å². The molecule has 7 nitrogen and oxygen atoms in total. The molecule has 0 unspecified atom stereocenters. The fraction of sp³-hybridized carbons (Fsp3) is 0.611. The van der Waals surface area contributed by atoms with Gasteiger partial charge in [0.15, 0.2) is 14.6 Å². The van der Waals surface area contributed by atoms with Gasteiger partial charge in [-0.05, 0) is 46.1 Å². The van der Waals surface area contributed by atoms with Crippen LogP contribution in [0, 0.1) is 0 Å². The molecule has 0 radical (unpaired) electrons. The van der Waals surface area contributed by atoms with E-state index >= 15 is 0 Å². The lowest BCUT2D eigenvalue weighted by atomic mass is 9.95. The lowest BCUT2D eigenvalue weighted by Crippen LogP contribution is -2.57. The number of hydrogen-bond donors (Lipinski definition) is 2. The summed E-state index contributed by atoms with van der Waals surface area (Å²) in [4.78, 5) is 14.8. The Morgan fingerprint density at radius 3 is 2.54 bits per heavy atom. The third-order valence-corrected chi connectivity index (χ3v) is 6.76. The van der Waals surface area contributed by atoms with Crippen LogP contribution in [-0.2, 0) is 21.2 Å². The van der Waals surface area contributed by atoms with E-state index < -0.39 is 20.5 Å². The summed E-state index contributed by atoms with van der Waals surface area (Å²) in [5, 5.41) is 5.93. The van der Waals surface area contributed by atoms with Gasteiger partial charge in [0.2, 0.25) is 5.91 Å². The van der Waals surface area contributed by atoms with Crippen LogP contribution in [0.5, 0.6) is 5.75 Å². The molecular weight excluding hydrogens is 354 g/mol. The van der Waals surface area contributed by atoms with Gasteiger partial charge < -0.3 is 20.3 Å². The third kappa shape index (κ3) is 4.96. The van der Waals surface area contributed by atoms with E-state index in [1.165, 1.54) is 0 Å². The van der Waals surface area contributed by atoms with Gasteiger partial charge in [0, 0.05) is 24.9 Å². The molecular formula is C18H29N3O4S. The molecule has 1 saturated heterocycles. The lowest BCUT2D eigenvalue weighted by Gasteiger charge is -2.34. The quantitative estimate of drug-likeness (QED) is 0.676. The zero-order valence-corrected chi connectivity index (χ0v) is 16.6. The largest absolute Gasteiger partial charge is 0.492 e. The van der Waals surface area contributed by atoms with E-state index in [2.05, 4.69) is 10.6 Å². The summed E-state index contributed by atoms with van der Waals surface area (Å²) in [6, 6.07) is 7.48. The van der Waals surface area contributed by atoms with Crippen molar-refractivity contribution >= 4 is 15.7 Å². The van der Waals surface area contributed by atoms with Crippen molar-refractivity contribution < 1.29 is 17.9 Å². The zero-order chi connectivity index (χ0) is 19.2. The van der Waals surface area contributed by atoms with Crippen molar-refractivity contribution in [3.05, 3.63) is 29.8 Å². The number of para-hydroxylation sites is 1. The molecule has 2 N–H and O–H groups in total. The molecule has 146 valence electrons. The van der Waals surface area contributed by atoms with Gasteiger partial charge in [-0.3, -0.25) is 4.79 Å². The molecule has 2 rings (SSSR count). The topological polar surface area (TPSA) is 87.7 Å². The minimum absolute atomic E-state index is 0.238. The van der Waals surface area contributed by atoms with Crippen molar-refractivity contribution in [1.29, 1.82) is 0 Å². The Balaban J connectivity index is 2.06. The fourth-order valence-corrected chi connectivity index (χ4v) is 4.42. The predicted molar refractivity (Wildman–Crippen MR) is 102 cm³/mol. The zero-order valence-electron chi connectivity index (χ0n) is 15.7. The summed E-state index contributed by atoms with van der Waals surface area (Å²) in [7, 11) is 0.429. The maximum Gasteiger partial charge on any atom is 0.241 e. The predicted octanol–water partition coefficient (Wildman–Crippen LogP) is 0.410. The van der Waals surface area contributed by atoms with Crippen molar-refractivity contribution in [1.82, 2.24) is 15.5 Å². The number of ether oxygens (including phenoxy) is 1. The summed E-state index contributed by atoms with van der Waals surface area (Å²) >= 11 is 0. The number of nitrogens with zero attached hydrogens (tertiary/aromatic N) is 1. The summed E-state index contributed by atoms with van der Waals surface area (Å²) in [6.07, 6.45) is 1.73. The van der Waals surface area contributed by atoms with Gasteiger partial charge in [0.05, 0.1) is 0 Å². The minimum atomic E-state index is -3.51. The second-order valence-electron chi connectivity index (χ2n) is 6.96. The van der Waals surface area contributed by atoms with E-state index in [0.29, 0.717) is 38.3 Å². The van der Waals surface area contributed by atoms with Crippen molar-refractivity contribution in [2.75, 3.05) is 46.6 Å². The maximum atomic E-state index is 12.8. The number of likely N-dealkylation sites (N-methyl/N-ethyl adjacent to an activating group) is 1. The van der Waals surface area contributed by atoms with Gasteiger partial charge in [-0.25, -0.2) is 8.42 Å². The van der Waals surface area contributed by atoms with E-state index in [9.17, 15) is 13.2 Å². The Kier molecular flexibility index (Phi) is 7.02. The molecule has 1 fully saturated rings. The second-order valence-corrected chi connectivity index (χ2v) is 9.28. The lowest BCUT2D eigenvalue weighted by molar-refractivity contribution is -0.124. The van der Waals surface area contributed by atoms with Gasteiger partial charge in [-0.15, -0.1) is 0 Å². The third-order valence-electron chi connectivity index (χ3n) is 4.74. The number of benzene rings is 1. The highest BCUT2D eigenvalue weighted by Gasteiger charge is 2.48. The van der Waals surface area contributed by atoms with Crippen molar-refractivity contribution in [2.24, 2.45) is 0 Å². The Morgan fingerprint density at radius 2 is 1.92 bits per heavy atom. The van der Waals surface area contributed by atoms with Crippen LogP contribution in [0.4, 0.5) is 0 Å². The molecule has 1 aromatic carbocycles. The average molecular weight is 384 g/mol. The first-order chi connectivity index (χ1) is 12.3. The smallest absolute Gasteiger partial charge is 0.241 e. The molecule has 1 aliphatic rings. The van der Waals surface area contributed by atoms with Crippen LogP contribution in [0.2, 0.25) is 0 Å². The molecule has 1 heterocycles. The SMILES string of the molecule is CN(C)CCOc1ccccc1CNC(=O)C1(S(C)(=O)=O)CCNCC1. The van der Waals surface area contributed by atoms with Crippen LogP contribution < -0.4 is 15.4 Å². The van der Waals surface area contributed by atoms with Crippen molar-refractivity contribution in [2.45, 2.75) is 24.1 Å². The molecule has 26 heavy (non-hydrogen) atoms. The first-order valence-electron chi connectivity index (χ1n) is 8.80. The number of sulfone groups is 1. The molecule has 1 aromatic rings. The molecule has 0 spiro atoms. The summed E-state index contributed by atoms with van der Waals surface area (Å²) in [6.45, 7) is 2.60. The number of piperidine rings is 1. The standard InChI is InChI=1S/C18H29N3O4S/c1-21(2)12-13-25-16-7-5-4-6-15(16)14-20-17(22)18(26(3,23)24)8-10-19-11-9-18/h4-7,19H,8-14H2,1-3H3,(H,20,22). The van der Waals surface area contributed by atoms with Crippen molar-refractivity contribution in [3.63, 3.8) is 0 Å². The second kappa shape index (κ2) is 8.83. The van der Waals surface area contributed by atoms with E-state index in [-0.39, 0.29) is 6.54 Å². The Hall–Kier alpha value is -1.64. The van der Waals surface area contributed by atoms with E-state index in [1.807, 2.05) is 43.3 Å². The Morgan fingerprint density at radius 1 is 1.27 bits per heavy atom. The number of hydrogen-bond acceptors (Lipinski definition) is 6. The fourth-order valence-electron chi connectivity index (χ4n) is 3.06. The van der Waals surface area contributed by atoms with Gasteiger partial charge in [0.1, 0.15) is 12.4 Å². The Labute approximate surface area is 156 Å². The van der Waals surface area contributed by atoms with Crippen LogP contribution in [0.15, 0.2) is 24.3 Å². The molecule has 0 atom stereocenters. The van der Waals surface area contributed by atoms with Crippen LogP contribution >= 0.6 is 0 Å². The first kappa shape index (κ1) is 20.7. The molecule has 8 heteroatoms. The number of nitrogens with one attached hydrogen (secondary N) is 2. The van der Waals surface area contributed by atoms with E-state index in [1.54, 1.807) is 0 Å². The first-order valence-corrected chi connectivity index (χ1v) is 10.7. The molecule has 0 saturated carbocycles. The molecule has 1 aliphatic heterocycles. The number of amides is 1. The van der Waals surface area contributed by atoms with Gasteiger partial charge in [0.25, 0.3) is 0 Å². The van der Waals surface area contributed by atoms with Crippen LogP contribution in [0.1, 0.15) is 18.4 Å². The van der Waals surface area contributed by atoms with Crippen molar-refractivity contribution in [3.8, 4) is 5.75 Å². The average Bonchev–Trinajstić information content (AvgIpc) is 2.60. The van der Waals surface area contributed by atoms with Gasteiger partial charge in [-0.1, -0.05) is 18.2 Å². The summed E-state index contributed by atoms with van der Waals surface area (Å²) in [5.74, 6) is 0.276. The monoisotopic (exact) mass is 383 g/mol. The van der Waals surface area contributed by atoms with Crippen LogP contribution in [0.3, 0.4) is 0 Å². The minimum Gasteiger partial charge on any atom is -0.492 e. The maximum absolute atomic E-state index is 12.8. The highest BCUT2D eigenvalue weighted by Crippen LogP contribution is 2.28.